The Morgan fingerprint density at radius 3 is 2.40 bits per heavy atom. The lowest BCUT2D eigenvalue weighted by Gasteiger charge is -2.29. The van der Waals surface area contributed by atoms with Crippen molar-refractivity contribution in [3.63, 3.8) is 0 Å². The van der Waals surface area contributed by atoms with Gasteiger partial charge in [-0.1, -0.05) is 18.2 Å². The zero-order valence-corrected chi connectivity index (χ0v) is 16.3. The van der Waals surface area contributed by atoms with Crippen LogP contribution in [0.15, 0.2) is 42.6 Å². The van der Waals surface area contributed by atoms with Gasteiger partial charge in [-0.25, -0.2) is 9.37 Å². The van der Waals surface area contributed by atoms with E-state index in [9.17, 15) is 14.9 Å². The van der Waals surface area contributed by atoms with Crippen molar-refractivity contribution in [2.75, 3.05) is 23.7 Å². The maximum Gasteiger partial charge on any atom is 0.149 e. The highest BCUT2D eigenvalue weighted by atomic mass is 19.1. The van der Waals surface area contributed by atoms with Gasteiger partial charge in [0.25, 0.3) is 0 Å². The number of anilines is 2. The molecule has 1 aromatic carbocycles. The van der Waals surface area contributed by atoms with E-state index < -0.39 is 0 Å². The number of pyridine rings is 2. The molecule has 4 rings (SSSR count). The van der Waals surface area contributed by atoms with Crippen LogP contribution in [0, 0.1) is 28.5 Å². The van der Waals surface area contributed by atoms with Gasteiger partial charge in [0.2, 0.25) is 0 Å². The minimum atomic E-state index is -0.388. The molecule has 1 fully saturated rings. The van der Waals surface area contributed by atoms with Crippen molar-refractivity contribution in [1.29, 1.82) is 10.5 Å². The summed E-state index contributed by atoms with van der Waals surface area (Å²) in [6.07, 6.45) is 4.57. The van der Waals surface area contributed by atoms with Crippen LogP contribution in [0.25, 0.3) is 22.4 Å². The Morgan fingerprint density at radius 2 is 1.70 bits per heavy atom. The maximum atomic E-state index is 13.7. The molecule has 0 unspecified atom stereocenters. The van der Waals surface area contributed by atoms with E-state index in [0.29, 0.717) is 33.8 Å². The van der Waals surface area contributed by atoms with Crippen LogP contribution in [-0.4, -0.2) is 23.1 Å². The molecule has 0 aliphatic carbocycles. The summed E-state index contributed by atoms with van der Waals surface area (Å²) in [5, 5.41) is 19.7. The molecule has 30 heavy (non-hydrogen) atoms. The van der Waals surface area contributed by atoms with E-state index >= 15 is 0 Å². The highest BCUT2D eigenvalue weighted by Gasteiger charge is 2.24. The van der Waals surface area contributed by atoms with Gasteiger partial charge in [-0.2, -0.15) is 10.5 Å². The Labute approximate surface area is 174 Å². The first-order chi connectivity index (χ1) is 14.6. The van der Waals surface area contributed by atoms with E-state index in [2.05, 4.69) is 27.0 Å². The SMILES string of the molecule is N#Cc1c(N)nc(N2CCCCC2)c(C#N)c1-c1cccc(-c2cc(F)ccn2)c1. The molecule has 1 aliphatic rings. The third kappa shape index (κ3) is 3.54. The predicted octanol–water partition coefficient (Wildman–Crippen LogP) is 4.27. The largest absolute Gasteiger partial charge is 0.383 e. The van der Waals surface area contributed by atoms with E-state index in [1.807, 2.05) is 0 Å². The molecular weight excluding hydrogens is 379 g/mol. The molecule has 2 N–H and O–H groups in total. The number of hydrogen-bond donors (Lipinski definition) is 1. The monoisotopic (exact) mass is 398 g/mol. The Kier molecular flexibility index (Phi) is 5.28. The van der Waals surface area contributed by atoms with Gasteiger partial charge in [0, 0.05) is 36.5 Å². The summed E-state index contributed by atoms with van der Waals surface area (Å²) in [4.78, 5) is 10.7. The molecule has 0 saturated carbocycles. The Hall–Kier alpha value is -3.97. The maximum absolute atomic E-state index is 13.7. The van der Waals surface area contributed by atoms with E-state index in [-0.39, 0.29) is 17.2 Å². The molecule has 7 heteroatoms. The lowest BCUT2D eigenvalue weighted by Crippen LogP contribution is -2.31. The second-order valence-electron chi connectivity index (χ2n) is 7.16. The normalized spacial score (nSPS) is 13.5. The van der Waals surface area contributed by atoms with Crippen LogP contribution in [-0.2, 0) is 0 Å². The molecule has 0 atom stereocenters. The second kappa shape index (κ2) is 8.18. The first-order valence-corrected chi connectivity index (χ1v) is 9.73. The van der Waals surface area contributed by atoms with Gasteiger partial charge in [-0.15, -0.1) is 0 Å². The van der Waals surface area contributed by atoms with Gasteiger partial charge in [0.1, 0.15) is 40.7 Å². The number of nitrogen functional groups attached to an aromatic ring is 1. The molecule has 6 nitrogen and oxygen atoms in total. The van der Waals surface area contributed by atoms with Crippen molar-refractivity contribution in [3.8, 4) is 34.5 Å². The van der Waals surface area contributed by atoms with Crippen molar-refractivity contribution in [2.24, 2.45) is 0 Å². The molecule has 1 aliphatic heterocycles. The van der Waals surface area contributed by atoms with Crippen LogP contribution in [0.5, 0.6) is 0 Å². The second-order valence-corrected chi connectivity index (χ2v) is 7.16. The molecule has 0 bridgehead atoms. The summed E-state index contributed by atoms with van der Waals surface area (Å²) in [6, 6.07) is 14.2. The number of nitriles is 2. The summed E-state index contributed by atoms with van der Waals surface area (Å²) in [5.74, 6) is 0.223. The first-order valence-electron chi connectivity index (χ1n) is 9.73. The zero-order chi connectivity index (χ0) is 21.1. The summed E-state index contributed by atoms with van der Waals surface area (Å²) in [5.41, 5.74) is 8.86. The van der Waals surface area contributed by atoms with Gasteiger partial charge < -0.3 is 10.6 Å². The van der Waals surface area contributed by atoms with Crippen molar-refractivity contribution in [3.05, 3.63) is 59.5 Å². The van der Waals surface area contributed by atoms with E-state index in [1.54, 1.807) is 24.3 Å². The third-order valence-electron chi connectivity index (χ3n) is 5.25. The molecule has 1 saturated heterocycles. The number of hydrogen-bond acceptors (Lipinski definition) is 6. The summed E-state index contributed by atoms with van der Waals surface area (Å²) < 4.78 is 13.7. The van der Waals surface area contributed by atoms with Gasteiger partial charge in [-0.3, -0.25) is 4.98 Å². The number of halogens is 1. The van der Waals surface area contributed by atoms with Crippen LogP contribution < -0.4 is 10.6 Å². The number of benzene rings is 1. The average molecular weight is 398 g/mol. The fourth-order valence-corrected chi connectivity index (χ4v) is 3.83. The van der Waals surface area contributed by atoms with Crippen LogP contribution in [0.1, 0.15) is 30.4 Å². The lowest BCUT2D eigenvalue weighted by atomic mass is 9.93. The molecule has 3 aromatic rings. The van der Waals surface area contributed by atoms with E-state index in [4.69, 9.17) is 5.73 Å². The van der Waals surface area contributed by atoms with Crippen molar-refractivity contribution < 1.29 is 4.39 Å². The van der Waals surface area contributed by atoms with E-state index in [1.165, 1.54) is 18.3 Å². The van der Waals surface area contributed by atoms with Crippen LogP contribution >= 0.6 is 0 Å². The minimum absolute atomic E-state index is 0.0985. The molecular formula is C23H19FN6. The quantitative estimate of drug-likeness (QED) is 0.707. The first kappa shape index (κ1) is 19.4. The number of aromatic nitrogens is 2. The van der Waals surface area contributed by atoms with Crippen LogP contribution in [0.4, 0.5) is 16.0 Å². The number of nitrogens with zero attached hydrogens (tertiary/aromatic N) is 5. The molecule has 148 valence electrons. The summed E-state index contributed by atoms with van der Waals surface area (Å²) >= 11 is 0. The van der Waals surface area contributed by atoms with Gasteiger partial charge in [0.05, 0.1) is 5.69 Å². The van der Waals surface area contributed by atoms with E-state index in [0.717, 1.165) is 32.4 Å². The van der Waals surface area contributed by atoms with Gasteiger partial charge in [-0.05, 0) is 37.0 Å². The summed E-state index contributed by atoms with van der Waals surface area (Å²) in [6.45, 7) is 1.58. The Morgan fingerprint density at radius 1 is 0.967 bits per heavy atom. The number of piperidine rings is 1. The van der Waals surface area contributed by atoms with Crippen molar-refractivity contribution >= 4 is 11.6 Å². The molecule has 0 spiro atoms. The predicted molar refractivity (Wildman–Crippen MR) is 113 cm³/mol. The molecule has 2 aromatic heterocycles. The molecule has 0 radical (unpaired) electrons. The topological polar surface area (TPSA) is 103 Å². The zero-order valence-electron chi connectivity index (χ0n) is 16.3. The average Bonchev–Trinajstić information content (AvgIpc) is 2.79. The number of nitrogens with two attached hydrogens (primary N) is 1. The van der Waals surface area contributed by atoms with Crippen molar-refractivity contribution in [2.45, 2.75) is 19.3 Å². The fourth-order valence-electron chi connectivity index (χ4n) is 3.83. The fraction of sp³-hybridized carbons (Fsp3) is 0.217. The smallest absolute Gasteiger partial charge is 0.149 e. The highest BCUT2D eigenvalue weighted by molar-refractivity contribution is 5.86. The van der Waals surface area contributed by atoms with Crippen molar-refractivity contribution in [1.82, 2.24) is 9.97 Å². The lowest BCUT2D eigenvalue weighted by molar-refractivity contribution is 0.573. The summed E-state index contributed by atoms with van der Waals surface area (Å²) in [7, 11) is 0. The standard InChI is InChI=1S/C23H19FN6/c24-17-7-8-28-20(12-17)15-5-4-6-16(11-15)21-18(13-25)22(27)29-23(19(21)14-26)30-9-2-1-3-10-30/h4-8,11-12H,1-3,9-10H2,(H2,27,29). The van der Waals surface area contributed by atoms with Gasteiger partial charge >= 0.3 is 0 Å². The van der Waals surface area contributed by atoms with Crippen LogP contribution in [0.2, 0.25) is 0 Å². The third-order valence-corrected chi connectivity index (χ3v) is 5.25. The van der Waals surface area contributed by atoms with Crippen LogP contribution in [0.3, 0.4) is 0 Å². The van der Waals surface area contributed by atoms with Gasteiger partial charge in [0.15, 0.2) is 0 Å². The highest BCUT2D eigenvalue weighted by Crippen LogP contribution is 2.37. The number of rotatable bonds is 3. The minimum Gasteiger partial charge on any atom is -0.383 e. The Bertz CT molecular complexity index is 1190. The molecule has 0 amide bonds. The molecule has 3 heterocycles. The Balaban J connectivity index is 1.92.